The molecule has 2 heteroatoms. The van der Waals surface area contributed by atoms with Gasteiger partial charge in [0.25, 0.3) is 0 Å². The van der Waals surface area contributed by atoms with Crippen LogP contribution < -0.4 is 0 Å². The summed E-state index contributed by atoms with van der Waals surface area (Å²) in [6.45, 7) is 2.22. The summed E-state index contributed by atoms with van der Waals surface area (Å²) < 4.78 is 5.16. The second-order valence-corrected chi connectivity index (χ2v) is 15.1. The van der Waals surface area contributed by atoms with E-state index in [9.17, 15) is 0 Å². The first-order valence-corrected chi connectivity index (χ1v) is 19.1. The molecule has 53 heavy (non-hydrogen) atoms. The van der Waals surface area contributed by atoms with Crippen molar-refractivity contribution in [2.24, 2.45) is 0 Å². The molecule has 0 fully saturated rings. The number of fused-ring (bicyclic) bond motifs is 8. The van der Waals surface area contributed by atoms with E-state index in [-0.39, 0.29) is 0 Å². The highest BCUT2D eigenvalue weighted by atomic mass is 32.1. The molecule has 0 unspecified atom stereocenters. The molecule has 0 aliphatic carbocycles. The Hall–Kier alpha value is -6.48. The molecule has 0 spiro atoms. The van der Waals surface area contributed by atoms with E-state index in [1.807, 2.05) is 11.3 Å². The van der Waals surface area contributed by atoms with E-state index < -0.39 is 0 Å². The Morgan fingerprint density at radius 2 is 0.868 bits per heavy atom. The lowest BCUT2D eigenvalue weighted by Gasteiger charge is -2.18. The molecule has 248 valence electrons. The van der Waals surface area contributed by atoms with E-state index in [0.29, 0.717) is 0 Å². The summed E-state index contributed by atoms with van der Waals surface area (Å²) in [5.74, 6) is 0. The number of benzene rings is 9. The fourth-order valence-corrected chi connectivity index (χ4v) is 10.0. The highest BCUT2D eigenvalue weighted by molar-refractivity contribution is 7.26. The molecule has 0 saturated carbocycles. The summed E-state index contributed by atoms with van der Waals surface area (Å²) in [5.41, 5.74) is 12.5. The fraction of sp³-hybridized carbons (Fsp3) is 0.0196. The third kappa shape index (κ3) is 4.56. The van der Waals surface area contributed by atoms with Crippen molar-refractivity contribution in [3.8, 4) is 39.1 Å². The molecule has 11 aromatic rings. The van der Waals surface area contributed by atoms with Crippen molar-refractivity contribution in [1.29, 1.82) is 0 Å². The molecule has 2 heterocycles. The van der Waals surface area contributed by atoms with E-state index in [1.165, 1.54) is 102 Å². The van der Waals surface area contributed by atoms with Crippen LogP contribution in [0.3, 0.4) is 0 Å². The minimum atomic E-state index is 1.16. The van der Waals surface area contributed by atoms with Gasteiger partial charge in [-0.25, -0.2) is 0 Å². The molecule has 0 aliphatic rings. The molecule has 0 amide bonds. The first-order chi connectivity index (χ1) is 26.2. The minimum absolute atomic E-state index is 1.16. The highest BCUT2D eigenvalue weighted by Crippen LogP contribution is 2.45. The van der Waals surface area contributed by atoms with E-state index >= 15 is 0 Å². The topological polar surface area (TPSA) is 4.93 Å². The van der Waals surface area contributed by atoms with Crippen molar-refractivity contribution in [3.05, 3.63) is 188 Å². The van der Waals surface area contributed by atoms with Crippen LogP contribution in [0.4, 0.5) is 0 Å². The van der Waals surface area contributed by atoms with E-state index in [1.54, 1.807) is 0 Å². The van der Waals surface area contributed by atoms with Gasteiger partial charge in [0.1, 0.15) is 0 Å². The lowest BCUT2D eigenvalue weighted by molar-refractivity contribution is 1.18. The molecule has 1 nitrogen and oxygen atoms in total. The van der Waals surface area contributed by atoms with Crippen LogP contribution in [0.5, 0.6) is 0 Å². The molecular weight excluding hydrogens is 659 g/mol. The van der Waals surface area contributed by atoms with Crippen molar-refractivity contribution in [2.75, 3.05) is 0 Å². The average Bonchev–Trinajstić information content (AvgIpc) is 3.77. The summed E-state index contributed by atoms with van der Waals surface area (Å²) in [6, 6.07) is 67.1. The lowest BCUT2D eigenvalue weighted by Crippen LogP contribution is -1.94. The van der Waals surface area contributed by atoms with Gasteiger partial charge >= 0.3 is 0 Å². The Morgan fingerprint density at radius 1 is 0.358 bits per heavy atom. The molecule has 0 saturated heterocycles. The fourth-order valence-electron chi connectivity index (χ4n) is 8.74. The summed E-state index contributed by atoms with van der Waals surface area (Å²) >= 11 is 1.92. The molecule has 0 radical (unpaired) electrons. The Kier molecular flexibility index (Phi) is 6.71. The van der Waals surface area contributed by atoms with Crippen LogP contribution in [-0.2, 0) is 0 Å². The summed E-state index contributed by atoms with van der Waals surface area (Å²) in [4.78, 5) is 0. The number of hydrogen-bond acceptors (Lipinski definition) is 1. The van der Waals surface area contributed by atoms with Crippen molar-refractivity contribution < 1.29 is 0 Å². The Bertz CT molecular complexity index is 3160. The molecule has 11 rings (SSSR count). The van der Waals surface area contributed by atoms with Gasteiger partial charge in [0.15, 0.2) is 0 Å². The number of para-hydroxylation sites is 1. The average molecular weight is 692 g/mol. The Labute approximate surface area is 311 Å². The Morgan fingerprint density at radius 3 is 1.55 bits per heavy atom. The second kappa shape index (κ2) is 11.8. The number of rotatable bonds is 4. The van der Waals surface area contributed by atoms with Crippen molar-refractivity contribution in [2.45, 2.75) is 6.92 Å². The van der Waals surface area contributed by atoms with Gasteiger partial charge in [0.05, 0.1) is 11.0 Å². The SMILES string of the molecule is Cc1cccc2c1sc1c(-c3ccc4c(c3)c3ccccc3n4-c3ccc(-c4c5ccccc5c(-c5ccccc5)c5ccccc45)cc3)cccc12. The van der Waals surface area contributed by atoms with Gasteiger partial charge in [0.2, 0.25) is 0 Å². The van der Waals surface area contributed by atoms with Crippen LogP contribution in [0.25, 0.3) is 103 Å². The van der Waals surface area contributed by atoms with Crippen molar-refractivity contribution in [3.63, 3.8) is 0 Å². The number of aryl methyl sites for hydroxylation is 1. The molecule has 0 N–H and O–H groups in total. The van der Waals surface area contributed by atoms with Crippen molar-refractivity contribution >= 4 is 74.9 Å². The maximum absolute atomic E-state index is 2.43. The van der Waals surface area contributed by atoms with Gasteiger partial charge in [-0.05, 0) is 97.7 Å². The largest absolute Gasteiger partial charge is 0.309 e. The number of aromatic nitrogens is 1. The summed E-state index contributed by atoms with van der Waals surface area (Å²) in [7, 11) is 0. The second-order valence-electron chi connectivity index (χ2n) is 14.1. The van der Waals surface area contributed by atoms with Crippen LogP contribution in [0.2, 0.25) is 0 Å². The van der Waals surface area contributed by atoms with E-state index in [4.69, 9.17) is 0 Å². The van der Waals surface area contributed by atoms with Gasteiger partial charge < -0.3 is 4.57 Å². The monoisotopic (exact) mass is 691 g/mol. The zero-order valence-electron chi connectivity index (χ0n) is 29.2. The van der Waals surface area contributed by atoms with Crippen molar-refractivity contribution in [1.82, 2.24) is 4.57 Å². The van der Waals surface area contributed by atoms with Crippen LogP contribution in [0, 0.1) is 6.92 Å². The molecular formula is C51H33NS. The highest BCUT2D eigenvalue weighted by Gasteiger charge is 2.18. The van der Waals surface area contributed by atoms with Crippen LogP contribution >= 0.6 is 11.3 Å². The predicted molar refractivity (Wildman–Crippen MR) is 230 cm³/mol. The number of thiophene rings is 1. The van der Waals surface area contributed by atoms with Gasteiger partial charge in [0, 0.05) is 36.6 Å². The molecule has 0 aliphatic heterocycles. The minimum Gasteiger partial charge on any atom is -0.309 e. The third-order valence-corrected chi connectivity index (χ3v) is 12.5. The normalized spacial score (nSPS) is 11.9. The van der Waals surface area contributed by atoms with E-state index in [2.05, 4.69) is 193 Å². The number of hydrogen-bond donors (Lipinski definition) is 0. The molecule has 2 aromatic heterocycles. The maximum atomic E-state index is 2.43. The van der Waals surface area contributed by atoms with Gasteiger partial charge in [-0.2, -0.15) is 0 Å². The quantitative estimate of drug-likeness (QED) is 0.162. The smallest absolute Gasteiger partial charge is 0.0541 e. The van der Waals surface area contributed by atoms with E-state index in [0.717, 1.165) is 5.69 Å². The zero-order chi connectivity index (χ0) is 35.0. The molecule has 9 aromatic carbocycles. The summed E-state index contributed by atoms with van der Waals surface area (Å²) in [6.07, 6.45) is 0. The van der Waals surface area contributed by atoms with Gasteiger partial charge in [-0.1, -0.05) is 152 Å². The van der Waals surface area contributed by atoms with Gasteiger partial charge in [-0.15, -0.1) is 11.3 Å². The van der Waals surface area contributed by atoms with Crippen LogP contribution in [-0.4, -0.2) is 4.57 Å². The standard InChI is InChI=1S/C51H33NS/c1-32-13-11-22-43-44-23-12-21-37(51(44)53-50(32)43)35-27-30-47-45(31-35)38-16-9-10-24-46(38)52(47)36-28-25-34(26-29-36)49-41-19-7-5-17-39(41)48(33-14-3-2-4-15-33)40-18-6-8-20-42(40)49/h2-31H,1H3. The zero-order valence-corrected chi connectivity index (χ0v) is 30.0. The number of nitrogens with zero attached hydrogens (tertiary/aromatic N) is 1. The van der Waals surface area contributed by atoms with Crippen LogP contribution in [0.15, 0.2) is 182 Å². The van der Waals surface area contributed by atoms with Gasteiger partial charge in [-0.3, -0.25) is 0 Å². The summed E-state index contributed by atoms with van der Waals surface area (Å²) in [5, 5.41) is 10.3. The first kappa shape index (κ1) is 30.2. The predicted octanol–water partition coefficient (Wildman–Crippen LogP) is 14.8. The maximum Gasteiger partial charge on any atom is 0.0541 e. The lowest BCUT2D eigenvalue weighted by atomic mass is 9.86. The molecule has 0 bridgehead atoms. The third-order valence-electron chi connectivity index (χ3n) is 11.1. The Balaban J connectivity index is 1.08. The van der Waals surface area contributed by atoms with Crippen LogP contribution in [0.1, 0.15) is 5.56 Å². The molecule has 0 atom stereocenters. The first-order valence-electron chi connectivity index (χ1n) is 18.3.